The van der Waals surface area contributed by atoms with E-state index >= 15 is 0 Å². The minimum Gasteiger partial charge on any atom is -0.466 e. The van der Waals surface area contributed by atoms with Crippen LogP contribution in [-0.2, 0) is 14.3 Å². The molecule has 0 bridgehead atoms. The number of esters is 1. The van der Waals surface area contributed by atoms with Gasteiger partial charge in [-0.05, 0) is 64.2 Å². The molecule has 0 radical (unpaired) electrons. The van der Waals surface area contributed by atoms with E-state index in [2.05, 4.69) is 43.5 Å². The van der Waals surface area contributed by atoms with Gasteiger partial charge in [-0.3, -0.25) is 9.59 Å². The number of hydrogen-bond acceptors (Lipinski definition) is 5. The maximum absolute atomic E-state index is 12.5. The average molecular weight is 999 g/mol. The smallest absolute Gasteiger partial charge is 0.305 e. The van der Waals surface area contributed by atoms with Crippen molar-refractivity contribution in [3.05, 3.63) is 36.5 Å². The highest BCUT2D eigenvalue weighted by Crippen LogP contribution is 2.18. The highest BCUT2D eigenvalue weighted by molar-refractivity contribution is 5.76. The van der Waals surface area contributed by atoms with Gasteiger partial charge in [0.1, 0.15) is 0 Å². The molecule has 0 spiro atoms. The fourth-order valence-corrected chi connectivity index (χ4v) is 9.78. The van der Waals surface area contributed by atoms with Crippen molar-refractivity contribution < 1.29 is 24.5 Å². The summed E-state index contributed by atoms with van der Waals surface area (Å²) in [5, 5.41) is 23.2. The van der Waals surface area contributed by atoms with Crippen molar-refractivity contribution in [1.29, 1.82) is 0 Å². The SMILES string of the molecule is CCCCC/C=C\C/C=C\CCCCCCCCCC(=O)OCCCCCCCCCCCCCCC(=O)NC(CO)C(O)/C=C/CCCCCCCCCCCCCCCCCCCCCCCCC. The third-order valence-corrected chi connectivity index (χ3v) is 14.7. The van der Waals surface area contributed by atoms with Gasteiger partial charge in [0.25, 0.3) is 0 Å². The number of carbonyl (C=O) groups is 2. The first-order valence-corrected chi connectivity index (χ1v) is 31.8. The van der Waals surface area contributed by atoms with Crippen molar-refractivity contribution >= 4 is 11.9 Å². The van der Waals surface area contributed by atoms with Crippen molar-refractivity contribution in [2.45, 2.75) is 353 Å². The molecule has 0 rings (SSSR count). The number of ether oxygens (including phenoxy) is 1. The van der Waals surface area contributed by atoms with Crippen LogP contribution in [-0.4, -0.2) is 47.4 Å². The van der Waals surface area contributed by atoms with Gasteiger partial charge in [-0.2, -0.15) is 0 Å². The first-order chi connectivity index (χ1) is 35.0. The van der Waals surface area contributed by atoms with Crippen LogP contribution in [0.15, 0.2) is 36.5 Å². The molecule has 2 unspecified atom stereocenters. The van der Waals surface area contributed by atoms with E-state index in [-0.39, 0.29) is 18.5 Å². The summed E-state index contributed by atoms with van der Waals surface area (Å²) in [4.78, 5) is 24.6. The number of hydrogen-bond donors (Lipinski definition) is 3. The Hall–Kier alpha value is -1.92. The zero-order chi connectivity index (χ0) is 51.4. The summed E-state index contributed by atoms with van der Waals surface area (Å²) in [7, 11) is 0. The van der Waals surface area contributed by atoms with Crippen LogP contribution in [0.1, 0.15) is 341 Å². The summed E-state index contributed by atoms with van der Waals surface area (Å²) >= 11 is 0. The molecule has 0 saturated carbocycles. The number of nitrogens with one attached hydrogen (secondary N) is 1. The number of aliphatic hydroxyl groups is 2. The molecule has 6 heteroatoms. The van der Waals surface area contributed by atoms with Crippen LogP contribution in [0.3, 0.4) is 0 Å². The summed E-state index contributed by atoms with van der Waals surface area (Å²) in [6, 6.07) is -0.642. The maximum atomic E-state index is 12.5. The Bertz CT molecular complexity index is 1150. The van der Waals surface area contributed by atoms with E-state index in [0.717, 1.165) is 64.2 Å². The summed E-state index contributed by atoms with van der Waals surface area (Å²) in [5.74, 6) is -0.0987. The van der Waals surface area contributed by atoms with Gasteiger partial charge in [0.15, 0.2) is 0 Å². The minimum absolute atomic E-state index is 0.0178. The molecule has 0 aromatic heterocycles. The fraction of sp³-hybridized carbons (Fsp3) is 0.877. The zero-order valence-corrected chi connectivity index (χ0v) is 47.7. The molecule has 418 valence electrons. The van der Waals surface area contributed by atoms with Gasteiger partial charge in [-0.1, -0.05) is 301 Å². The molecule has 0 fully saturated rings. The Labute approximate surface area is 443 Å². The highest BCUT2D eigenvalue weighted by atomic mass is 16.5. The molecular weight excluding hydrogens is 875 g/mol. The predicted molar refractivity (Wildman–Crippen MR) is 310 cm³/mol. The first kappa shape index (κ1) is 69.1. The van der Waals surface area contributed by atoms with Crippen LogP contribution in [0.25, 0.3) is 0 Å². The van der Waals surface area contributed by atoms with E-state index in [4.69, 9.17) is 4.74 Å². The standard InChI is InChI=1S/C65H123NO5/c1-3-5-7-9-11-13-15-17-19-21-22-23-24-25-26-27-28-30-31-33-37-41-45-49-53-57-63(68)62(61-67)66-64(69)58-54-50-46-42-38-35-36-40-44-48-52-56-60-71-65(70)59-55-51-47-43-39-34-32-29-20-18-16-14-12-10-8-6-4-2/h12,14,18,20,53,57,62-63,67-68H,3-11,13,15-17,19,21-52,54-56,58-61H2,1-2H3,(H,66,69)/b14-12-,20-18-,57-53+. The largest absolute Gasteiger partial charge is 0.466 e. The summed E-state index contributed by atoms with van der Waals surface area (Å²) < 4.78 is 5.48. The predicted octanol–water partition coefficient (Wildman–Crippen LogP) is 20.0. The molecule has 0 saturated heterocycles. The van der Waals surface area contributed by atoms with Crippen LogP contribution in [0, 0.1) is 0 Å². The maximum Gasteiger partial charge on any atom is 0.305 e. The van der Waals surface area contributed by atoms with Crippen LogP contribution in [0.2, 0.25) is 0 Å². The Morgan fingerprint density at radius 2 is 0.704 bits per heavy atom. The van der Waals surface area contributed by atoms with Gasteiger partial charge in [0.2, 0.25) is 5.91 Å². The lowest BCUT2D eigenvalue weighted by atomic mass is 10.0. The monoisotopic (exact) mass is 998 g/mol. The molecule has 0 aliphatic carbocycles. The molecule has 0 aromatic rings. The van der Waals surface area contributed by atoms with Gasteiger partial charge >= 0.3 is 5.97 Å². The van der Waals surface area contributed by atoms with Gasteiger partial charge in [0.05, 0.1) is 25.4 Å². The average Bonchev–Trinajstić information content (AvgIpc) is 3.37. The van der Waals surface area contributed by atoms with E-state index in [1.54, 1.807) is 6.08 Å². The molecule has 6 nitrogen and oxygen atoms in total. The van der Waals surface area contributed by atoms with Crippen molar-refractivity contribution in [2.24, 2.45) is 0 Å². The molecule has 0 aromatic carbocycles. The van der Waals surface area contributed by atoms with E-state index in [0.29, 0.717) is 19.4 Å². The Balaban J connectivity index is 3.48. The van der Waals surface area contributed by atoms with Gasteiger partial charge < -0.3 is 20.3 Å². The molecule has 0 aliphatic heterocycles. The zero-order valence-electron chi connectivity index (χ0n) is 47.7. The Kier molecular flexibility index (Phi) is 59.0. The third-order valence-electron chi connectivity index (χ3n) is 14.7. The van der Waals surface area contributed by atoms with Crippen LogP contribution in [0.5, 0.6) is 0 Å². The summed E-state index contributed by atoms with van der Waals surface area (Å²) in [6.07, 6.45) is 76.1. The number of rotatable bonds is 59. The second-order valence-corrected chi connectivity index (χ2v) is 21.7. The van der Waals surface area contributed by atoms with Gasteiger partial charge in [0, 0.05) is 12.8 Å². The minimum atomic E-state index is -0.857. The number of unbranched alkanes of at least 4 members (excludes halogenated alkanes) is 44. The number of amides is 1. The lowest BCUT2D eigenvalue weighted by Gasteiger charge is -2.20. The molecule has 3 N–H and O–H groups in total. The van der Waals surface area contributed by atoms with E-state index < -0.39 is 12.1 Å². The first-order valence-electron chi connectivity index (χ1n) is 31.8. The third kappa shape index (κ3) is 57.2. The van der Waals surface area contributed by atoms with Crippen molar-refractivity contribution in [2.75, 3.05) is 13.2 Å². The summed E-state index contributed by atoms with van der Waals surface area (Å²) in [5.41, 5.74) is 0. The van der Waals surface area contributed by atoms with Crippen LogP contribution >= 0.6 is 0 Å². The Morgan fingerprint density at radius 1 is 0.394 bits per heavy atom. The lowest BCUT2D eigenvalue weighted by Crippen LogP contribution is -2.45. The number of aliphatic hydroxyl groups excluding tert-OH is 2. The summed E-state index contributed by atoms with van der Waals surface area (Å²) in [6.45, 7) is 4.86. The normalized spacial score (nSPS) is 12.8. The van der Waals surface area contributed by atoms with Crippen LogP contribution in [0.4, 0.5) is 0 Å². The molecular formula is C65H123NO5. The van der Waals surface area contributed by atoms with E-state index in [1.807, 2.05) is 6.08 Å². The second kappa shape index (κ2) is 60.6. The molecule has 0 aliphatic rings. The quantitative estimate of drug-likeness (QED) is 0.0321. The molecule has 2 atom stereocenters. The lowest BCUT2D eigenvalue weighted by molar-refractivity contribution is -0.143. The topological polar surface area (TPSA) is 95.9 Å². The van der Waals surface area contributed by atoms with Gasteiger partial charge in [-0.25, -0.2) is 0 Å². The fourth-order valence-electron chi connectivity index (χ4n) is 9.78. The molecule has 1 amide bonds. The van der Waals surface area contributed by atoms with E-state index in [1.165, 1.54) is 250 Å². The van der Waals surface area contributed by atoms with Gasteiger partial charge in [-0.15, -0.1) is 0 Å². The van der Waals surface area contributed by atoms with E-state index in [9.17, 15) is 19.8 Å². The van der Waals surface area contributed by atoms with Crippen molar-refractivity contribution in [3.63, 3.8) is 0 Å². The van der Waals surface area contributed by atoms with Crippen molar-refractivity contribution in [3.8, 4) is 0 Å². The van der Waals surface area contributed by atoms with Crippen LogP contribution < -0.4 is 5.32 Å². The molecule has 71 heavy (non-hydrogen) atoms. The number of carbonyl (C=O) groups excluding carboxylic acids is 2. The second-order valence-electron chi connectivity index (χ2n) is 21.7. The Morgan fingerprint density at radius 3 is 1.10 bits per heavy atom. The van der Waals surface area contributed by atoms with Crippen molar-refractivity contribution in [1.82, 2.24) is 5.32 Å². The molecule has 0 heterocycles. The number of allylic oxidation sites excluding steroid dienone is 5. The highest BCUT2D eigenvalue weighted by Gasteiger charge is 2.18.